The first-order valence-electron chi connectivity index (χ1n) is 5.58. The predicted octanol–water partition coefficient (Wildman–Crippen LogP) is 1.94. The number of aliphatic carboxylic acids is 1. The Hall–Kier alpha value is -1.07. The van der Waals surface area contributed by atoms with Crippen molar-refractivity contribution in [3.05, 3.63) is 34.9 Å². The van der Waals surface area contributed by atoms with Gasteiger partial charge in [0.15, 0.2) is 9.84 Å². The summed E-state index contributed by atoms with van der Waals surface area (Å²) in [6.07, 6.45) is 0. The minimum absolute atomic E-state index is 0.0362. The molecule has 1 saturated carbocycles. The summed E-state index contributed by atoms with van der Waals surface area (Å²) in [5.41, 5.74) is 0.717. The lowest BCUT2D eigenvalue weighted by Crippen LogP contribution is -2.14. The van der Waals surface area contributed by atoms with E-state index >= 15 is 0 Å². The molecule has 0 aromatic heterocycles. The van der Waals surface area contributed by atoms with Gasteiger partial charge in [0.1, 0.15) is 0 Å². The Morgan fingerprint density at radius 1 is 1.33 bits per heavy atom. The Labute approximate surface area is 110 Å². The van der Waals surface area contributed by atoms with Gasteiger partial charge in [-0.05, 0) is 17.7 Å². The van der Waals surface area contributed by atoms with Gasteiger partial charge in [-0.3, -0.25) is 4.79 Å². The van der Waals surface area contributed by atoms with Crippen molar-refractivity contribution in [1.29, 1.82) is 0 Å². The molecule has 98 valence electrons. The highest BCUT2D eigenvalue weighted by Crippen LogP contribution is 2.52. The van der Waals surface area contributed by atoms with Crippen LogP contribution in [0.15, 0.2) is 24.3 Å². The first-order chi connectivity index (χ1) is 8.38. The minimum atomic E-state index is -3.34. The van der Waals surface area contributed by atoms with Crippen LogP contribution in [0, 0.1) is 5.92 Å². The molecule has 3 atom stereocenters. The van der Waals surface area contributed by atoms with Crippen LogP contribution in [-0.2, 0) is 14.6 Å². The maximum Gasteiger partial charge on any atom is 0.308 e. The zero-order valence-electron chi connectivity index (χ0n) is 9.71. The fraction of sp³-hybridized carbons (Fsp3) is 0.417. The van der Waals surface area contributed by atoms with Gasteiger partial charge in [-0.1, -0.05) is 30.7 Å². The van der Waals surface area contributed by atoms with E-state index in [0.29, 0.717) is 10.6 Å². The highest BCUT2D eigenvalue weighted by molar-refractivity contribution is 7.92. The largest absolute Gasteiger partial charge is 0.481 e. The molecule has 0 spiro atoms. The number of hydrogen-bond acceptors (Lipinski definition) is 3. The van der Waals surface area contributed by atoms with Crippen molar-refractivity contribution in [1.82, 2.24) is 0 Å². The monoisotopic (exact) mass is 288 g/mol. The van der Waals surface area contributed by atoms with Gasteiger partial charge < -0.3 is 5.11 Å². The Kier molecular flexibility index (Phi) is 3.38. The lowest BCUT2D eigenvalue weighted by Gasteiger charge is -2.00. The molecule has 6 heteroatoms. The minimum Gasteiger partial charge on any atom is -0.481 e. The third-order valence-corrected chi connectivity index (χ3v) is 5.78. The van der Waals surface area contributed by atoms with E-state index in [2.05, 4.69) is 0 Å². The van der Waals surface area contributed by atoms with E-state index in [0.717, 1.165) is 0 Å². The molecule has 0 heterocycles. The molecule has 1 fully saturated rings. The highest BCUT2D eigenvalue weighted by Gasteiger charge is 2.62. The van der Waals surface area contributed by atoms with Crippen LogP contribution in [-0.4, -0.2) is 30.5 Å². The van der Waals surface area contributed by atoms with Gasteiger partial charge in [-0.15, -0.1) is 0 Å². The number of halogens is 1. The van der Waals surface area contributed by atoms with E-state index in [4.69, 9.17) is 16.7 Å². The van der Waals surface area contributed by atoms with E-state index in [9.17, 15) is 13.2 Å². The molecule has 18 heavy (non-hydrogen) atoms. The van der Waals surface area contributed by atoms with Crippen LogP contribution < -0.4 is 0 Å². The van der Waals surface area contributed by atoms with E-state index < -0.39 is 32.9 Å². The van der Waals surface area contributed by atoms with Crippen LogP contribution in [0.1, 0.15) is 18.4 Å². The summed E-state index contributed by atoms with van der Waals surface area (Å²) >= 11 is 5.75. The van der Waals surface area contributed by atoms with Crippen LogP contribution in [0.5, 0.6) is 0 Å². The Morgan fingerprint density at radius 3 is 2.33 bits per heavy atom. The van der Waals surface area contributed by atoms with Gasteiger partial charge in [-0.2, -0.15) is 0 Å². The second-order valence-electron chi connectivity index (χ2n) is 4.36. The highest BCUT2D eigenvalue weighted by atomic mass is 35.5. The number of benzene rings is 1. The molecule has 1 N–H and O–H groups in total. The number of sulfone groups is 1. The maximum atomic E-state index is 11.8. The molecule has 0 saturated heterocycles. The summed E-state index contributed by atoms with van der Waals surface area (Å²) in [7, 11) is -3.34. The molecule has 0 radical (unpaired) electrons. The molecule has 0 bridgehead atoms. The van der Waals surface area contributed by atoms with Crippen molar-refractivity contribution >= 4 is 27.4 Å². The number of rotatable bonds is 4. The van der Waals surface area contributed by atoms with Crippen molar-refractivity contribution in [2.24, 2.45) is 5.92 Å². The first kappa shape index (κ1) is 13.4. The van der Waals surface area contributed by atoms with E-state index in [1.807, 2.05) is 0 Å². The molecule has 0 aliphatic heterocycles. The molecular weight excluding hydrogens is 276 g/mol. The molecule has 0 amide bonds. The summed E-state index contributed by atoms with van der Waals surface area (Å²) in [4.78, 5) is 11.1. The van der Waals surface area contributed by atoms with Gasteiger partial charge in [0.05, 0.1) is 11.2 Å². The number of carboxylic acids is 1. The number of carbonyl (C=O) groups is 1. The molecule has 1 aromatic carbocycles. The average molecular weight is 289 g/mol. The molecular formula is C12H13ClO4S. The zero-order valence-corrected chi connectivity index (χ0v) is 11.3. The van der Waals surface area contributed by atoms with Crippen LogP contribution in [0.2, 0.25) is 5.02 Å². The van der Waals surface area contributed by atoms with Gasteiger partial charge in [0.25, 0.3) is 0 Å². The second kappa shape index (κ2) is 4.55. The summed E-state index contributed by atoms with van der Waals surface area (Å²) in [5.74, 6) is -2.39. The molecule has 1 aromatic rings. The molecule has 1 aliphatic carbocycles. The molecule has 3 unspecified atom stereocenters. The van der Waals surface area contributed by atoms with Crippen molar-refractivity contribution in [2.45, 2.75) is 18.1 Å². The number of hydrogen-bond donors (Lipinski definition) is 1. The van der Waals surface area contributed by atoms with Crippen LogP contribution in [0.3, 0.4) is 0 Å². The van der Waals surface area contributed by atoms with Crippen LogP contribution >= 0.6 is 11.6 Å². The zero-order chi connectivity index (χ0) is 13.5. The summed E-state index contributed by atoms with van der Waals surface area (Å²) in [6.45, 7) is 1.53. The summed E-state index contributed by atoms with van der Waals surface area (Å²) < 4.78 is 23.7. The van der Waals surface area contributed by atoms with Crippen LogP contribution in [0.25, 0.3) is 0 Å². The standard InChI is InChI=1S/C12H13ClO4S/c1-2-18(16,17)11-9(10(11)12(14)15)7-3-5-8(13)6-4-7/h3-6,9-11H,2H2,1H3,(H,14,15). The van der Waals surface area contributed by atoms with Gasteiger partial charge >= 0.3 is 5.97 Å². The quantitative estimate of drug-likeness (QED) is 0.919. The normalized spacial score (nSPS) is 26.9. The Balaban J connectivity index is 2.33. The van der Waals surface area contributed by atoms with Crippen molar-refractivity contribution in [3.63, 3.8) is 0 Å². The molecule has 1 aliphatic rings. The SMILES string of the molecule is CCS(=O)(=O)C1C(C(=O)O)C1c1ccc(Cl)cc1. The predicted molar refractivity (Wildman–Crippen MR) is 68.6 cm³/mol. The van der Waals surface area contributed by atoms with Crippen LogP contribution in [0.4, 0.5) is 0 Å². The second-order valence-corrected chi connectivity index (χ2v) is 7.24. The first-order valence-corrected chi connectivity index (χ1v) is 7.67. The van der Waals surface area contributed by atoms with Gasteiger partial charge in [0, 0.05) is 16.7 Å². The smallest absolute Gasteiger partial charge is 0.308 e. The fourth-order valence-electron chi connectivity index (χ4n) is 2.30. The maximum absolute atomic E-state index is 11.8. The van der Waals surface area contributed by atoms with E-state index in [-0.39, 0.29) is 5.75 Å². The van der Waals surface area contributed by atoms with E-state index in [1.54, 1.807) is 24.3 Å². The third-order valence-electron chi connectivity index (χ3n) is 3.31. The summed E-state index contributed by atoms with van der Waals surface area (Å²) in [6, 6.07) is 6.66. The van der Waals surface area contributed by atoms with Gasteiger partial charge in [-0.25, -0.2) is 8.42 Å². The Bertz CT molecular complexity index is 564. The molecule has 2 rings (SSSR count). The third kappa shape index (κ3) is 2.24. The lowest BCUT2D eigenvalue weighted by molar-refractivity contribution is -0.138. The number of carboxylic acid groups (broad SMARTS) is 1. The topological polar surface area (TPSA) is 71.4 Å². The lowest BCUT2D eigenvalue weighted by atomic mass is 10.1. The Morgan fingerprint density at radius 2 is 1.89 bits per heavy atom. The van der Waals surface area contributed by atoms with Crippen molar-refractivity contribution in [3.8, 4) is 0 Å². The molecule has 4 nitrogen and oxygen atoms in total. The average Bonchev–Trinajstić information content (AvgIpc) is 3.06. The van der Waals surface area contributed by atoms with Crippen molar-refractivity contribution in [2.75, 3.05) is 5.75 Å². The summed E-state index contributed by atoms with van der Waals surface area (Å²) in [5, 5.41) is 8.82. The van der Waals surface area contributed by atoms with E-state index in [1.165, 1.54) is 6.92 Å². The van der Waals surface area contributed by atoms with Gasteiger partial charge in [0.2, 0.25) is 0 Å². The fourth-order valence-corrected chi connectivity index (χ4v) is 4.22. The van der Waals surface area contributed by atoms with Crippen molar-refractivity contribution < 1.29 is 18.3 Å².